The monoisotopic (exact) mass is 375 g/mol. The van der Waals surface area contributed by atoms with Crippen molar-refractivity contribution in [1.82, 2.24) is 15.1 Å². The van der Waals surface area contributed by atoms with E-state index in [9.17, 15) is 4.79 Å². The van der Waals surface area contributed by atoms with Crippen LogP contribution in [0, 0.1) is 0 Å². The number of likely N-dealkylation sites (N-methyl/N-ethyl adjacent to an activating group) is 1. The molecule has 1 aromatic heterocycles. The molecule has 1 N–H and O–H groups in total. The topological polar surface area (TPSA) is 61.4 Å². The number of amides is 1. The van der Waals surface area contributed by atoms with Crippen molar-refractivity contribution in [3.05, 3.63) is 46.4 Å². The Labute approximate surface area is 143 Å². The lowest BCUT2D eigenvalue weighted by Crippen LogP contribution is -2.44. The Morgan fingerprint density at radius 3 is 2.48 bits per heavy atom. The summed E-state index contributed by atoms with van der Waals surface area (Å²) >= 11 is 3.37. The minimum atomic E-state index is -0.209. The van der Waals surface area contributed by atoms with Gasteiger partial charge in [-0.05, 0) is 47.2 Å². The molecule has 1 saturated heterocycles. The molecule has 0 radical (unpaired) electrons. The largest absolute Gasteiger partial charge is 0.353 e. The number of hydrogen-bond donors (Lipinski definition) is 1. The summed E-state index contributed by atoms with van der Waals surface area (Å²) in [4.78, 5) is 16.7. The van der Waals surface area contributed by atoms with E-state index in [1.54, 1.807) is 12.1 Å². The van der Waals surface area contributed by atoms with E-state index in [1.165, 1.54) is 0 Å². The van der Waals surface area contributed by atoms with Gasteiger partial charge in [0.05, 0.1) is 5.56 Å². The molecule has 120 valence electrons. The van der Waals surface area contributed by atoms with E-state index < -0.39 is 0 Å². The van der Waals surface area contributed by atoms with Gasteiger partial charge in [-0.25, -0.2) is 0 Å². The van der Waals surface area contributed by atoms with Gasteiger partial charge < -0.3 is 15.1 Å². The van der Waals surface area contributed by atoms with Crippen LogP contribution in [0.2, 0.25) is 0 Å². The Morgan fingerprint density at radius 1 is 1.09 bits per heavy atom. The lowest BCUT2D eigenvalue weighted by Gasteiger charge is -2.32. The van der Waals surface area contributed by atoms with Crippen molar-refractivity contribution < 1.29 is 4.79 Å². The number of benzene rings is 1. The molecule has 0 atom stereocenters. The first-order valence-corrected chi connectivity index (χ1v) is 8.26. The van der Waals surface area contributed by atoms with E-state index in [1.807, 2.05) is 24.3 Å². The molecule has 0 bridgehead atoms. The molecule has 1 amide bonds. The van der Waals surface area contributed by atoms with Crippen LogP contribution >= 0.6 is 15.9 Å². The summed E-state index contributed by atoms with van der Waals surface area (Å²) in [6.45, 7) is 3.91. The van der Waals surface area contributed by atoms with E-state index >= 15 is 0 Å². The van der Waals surface area contributed by atoms with Crippen LogP contribution in [0.1, 0.15) is 10.4 Å². The van der Waals surface area contributed by atoms with Crippen molar-refractivity contribution >= 4 is 33.5 Å². The lowest BCUT2D eigenvalue weighted by molar-refractivity contribution is 0.102. The summed E-state index contributed by atoms with van der Waals surface area (Å²) in [5.41, 5.74) is 0.567. The molecule has 3 rings (SSSR count). The summed E-state index contributed by atoms with van der Waals surface area (Å²) in [5, 5.41) is 11.1. The van der Waals surface area contributed by atoms with Crippen molar-refractivity contribution in [1.29, 1.82) is 0 Å². The molecule has 2 heterocycles. The number of hydrogen-bond acceptors (Lipinski definition) is 5. The van der Waals surface area contributed by atoms with Crippen LogP contribution in [0.25, 0.3) is 0 Å². The normalized spacial score (nSPS) is 15.5. The van der Waals surface area contributed by atoms with Gasteiger partial charge in [-0.3, -0.25) is 4.79 Å². The molecule has 1 fully saturated rings. The molecule has 0 saturated carbocycles. The van der Waals surface area contributed by atoms with E-state index in [-0.39, 0.29) is 5.91 Å². The Kier molecular flexibility index (Phi) is 4.88. The molecular formula is C16H18BrN5O. The number of anilines is 2. The molecule has 2 aromatic rings. The molecule has 1 aromatic carbocycles. The highest BCUT2D eigenvalue weighted by molar-refractivity contribution is 9.10. The van der Waals surface area contributed by atoms with Gasteiger partial charge in [0.25, 0.3) is 5.91 Å². The van der Waals surface area contributed by atoms with Crippen LogP contribution in [0.3, 0.4) is 0 Å². The third-order valence-corrected chi connectivity index (χ3v) is 4.53. The quantitative estimate of drug-likeness (QED) is 0.891. The van der Waals surface area contributed by atoms with E-state index in [0.29, 0.717) is 11.4 Å². The average Bonchev–Trinajstić information content (AvgIpc) is 2.57. The third kappa shape index (κ3) is 3.86. The summed E-state index contributed by atoms with van der Waals surface area (Å²) in [7, 11) is 2.11. The SMILES string of the molecule is CN1CCN(c2ccc(NC(=O)c3ccccc3Br)nn2)CC1. The van der Waals surface area contributed by atoms with Gasteiger partial charge in [0.1, 0.15) is 0 Å². The van der Waals surface area contributed by atoms with Gasteiger partial charge in [0, 0.05) is 30.7 Å². The van der Waals surface area contributed by atoms with Crippen LogP contribution in [-0.2, 0) is 0 Å². The van der Waals surface area contributed by atoms with Gasteiger partial charge in [0.2, 0.25) is 0 Å². The Bertz CT molecular complexity index is 683. The van der Waals surface area contributed by atoms with Crippen molar-refractivity contribution in [2.75, 3.05) is 43.4 Å². The maximum atomic E-state index is 12.2. The number of aromatic nitrogens is 2. The maximum Gasteiger partial charge on any atom is 0.258 e. The molecule has 23 heavy (non-hydrogen) atoms. The second kappa shape index (κ2) is 7.06. The van der Waals surface area contributed by atoms with Gasteiger partial charge in [-0.2, -0.15) is 0 Å². The van der Waals surface area contributed by atoms with Crippen molar-refractivity contribution in [3.8, 4) is 0 Å². The molecular weight excluding hydrogens is 358 g/mol. The lowest BCUT2D eigenvalue weighted by atomic mass is 10.2. The van der Waals surface area contributed by atoms with Crippen LogP contribution in [0.4, 0.5) is 11.6 Å². The number of nitrogens with one attached hydrogen (secondary N) is 1. The summed E-state index contributed by atoms with van der Waals surface area (Å²) < 4.78 is 0.750. The zero-order valence-corrected chi connectivity index (χ0v) is 14.5. The summed E-state index contributed by atoms with van der Waals surface area (Å²) in [5.74, 6) is 1.08. The van der Waals surface area contributed by atoms with E-state index in [0.717, 1.165) is 36.5 Å². The number of rotatable bonds is 3. The Balaban J connectivity index is 1.66. The first kappa shape index (κ1) is 15.9. The highest BCUT2D eigenvalue weighted by atomic mass is 79.9. The number of piperazine rings is 1. The predicted molar refractivity (Wildman–Crippen MR) is 93.8 cm³/mol. The van der Waals surface area contributed by atoms with Gasteiger partial charge in [0.15, 0.2) is 11.6 Å². The highest BCUT2D eigenvalue weighted by Crippen LogP contribution is 2.18. The van der Waals surface area contributed by atoms with Crippen LogP contribution in [0.15, 0.2) is 40.9 Å². The zero-order chi connectivity index (χ0) is 16.2. The average molecular weight is 376 g/mol. The predicted octanol–water partition coefficient (Wildman–Crippen LogP) is 2.24. The van der Waals surface area contributed by atoms with Crippen molar-refractivity contribution in [2.45, 2.75) is 0 Å². The first-order valence-electron chi connectivity index (χ1n) is 7.46. The summed E-state index contributed by atoms with van der Waals surface area (Å²) in [6, 6.07) is 11.0. The molecule has 1 aliphatic rings. The van der Waals surface area contributed by atoms with Gasteiger partial charge >= 0.3 is 0 Å². The standard InChI is InChI=1S/C16H18BrN5O/c1-21-8-10-22(11-9-21)15-7-6-14(19-20-15)18-16(23)12-4-2-3-5-13(12)17/h2-7H,8-11H2,1H3,(H,18,19,23). The van der Waals surface area contributed by atoms with Crippen molar-refractivity contribution in [2.24, 2.45) is 0 Å². The highest BCUT2D eigenvalue weighted by Gasteiger charge is 2.16. The number of nitrogens with zero attached hydrogens (tertiary/aromatic N) is 4. The van der Waals surface area contributed by atoms with E-state index in [2.05, 4.69) is 48.3 Å². The van der Waals surface area contributed by atoms with Crippen LogP contribution < -0.4 is 10.2 Å². The maximum absolute atomic E-state index is 12.2. The Hall–Kier alpha value is -1.99. The van der Waals surface area contributed by atoms with E-state index in [4.69, 9.17) is 0 Å². The summed E-state index contributed by atoms with van der Waals surface area (Å²) in [6.07, 6.45) is 0. The molecule has 7 heteroatoms. The number of carbonyl (C=O) groups excluding carboxylic acids is 1. The second-order valence-corrected chi connectivity index (χ2v) is 6.36. The van der Waals surface area contributed by atoms with Gasteiger partial charge in [-0.1, -0.05) is 12.1 Å². The molecule has 0 spiro atoms. The zero-order valence-electron chi connectivity index (χ0n) is 12.9. The molecule has 1 aliphatic heterocycles. The molecule has 6 nitrogen and oxygen atoms in total. The number of halogens is 1. The molecule has 0 unspecified atom stereocenters. The molecule has 0 aliphatic carbocycles. The third-order valence-electron chi connectivity index (χ3n) is 3.84. The fraction of sp³-hybridized carbons (Fsp3) is 0.312. The fourth-order valence-electron chi connectivity index (χ4n) is 2.43. The second-order valence-electron chi connectivity index (χ2n) is 5.50. The smallest absolute Gasteiger partial charge is 0.258 e. The van der Waals surface area contributed by atoms with Crippen molar-refractivity contribution in [3.63, 3.8) is 0 Å². The first-order chi connectivity index (χ1) is 11.1. The Morgan fingerprint density at radius 2 is 1.83 bits per heavy atom. The van der Waals surface area contributed by atoms with Gasteiger partial charge in [-0.15, -0.1) is 10.2 Å². The minimum absolute atomic E-state index is 0.209. The minimum Gasteiger partial charge on any atom is -0.353 e. The number of carbonyl (C=O) groups is 1. The van der Waals surface area contributed by atoms with Crippen LogP contribution in [-0.4, -0.2) is 54.2 Å². The fourth-order valence-corrected chi connectivity index (χ4v) is 2.89. The van der Waals surface area contributed by atoms with Crippen LogP contribution in [0.5, 0.6) is 0 Å².